The SMILES string of the molecule is CC(C)c1ccccc1[C@@H]1CCCN1C1CCC12CCN(c1ccccc1C(=O)NS(=O)(=O)c1cc3c(c([N+](=O)[O-])c1)N[C@@](C)(CN1CCN(C)CC1)CO3)CC2. The standard InChI is InChI=1S/C43H57N7O6S/c1-30(2)32-10-5-6-11-33(32)36-14-9-19-49(36)39-15-16-43(39)17-20-48(21-18-43)35-13-8-7-12-34(35)41(51)45-57(54,55)31-26-37(50(52)53)40-38(27-31)56-29-42(3,44-40)28-47-24-22-46(4)23-25-47/h5-8,10-13,26-27,30,36,39,44H,9,14-25,28-29H2,1-4H3,(H,45,51)/t36-,39?,42-/m0/s1. The van der Waals surface area contributed by atoms with E-state index in [1.165, 1.54) is 42.9 Å². The third-order valence-electron chi connectivity index (χ3n) is 13.5. The molecule has 0 radical (unpaired) electrons. The minimum atomic E-state index is -4.52. The molecule has 4 fully saturated rings. The van der Waals surface area contributed by atoms with Gasteiger partial charge in [0.15, 0.2) is 11.4 Å². The van der Waals surface area contributed by atoms with Crippen molar-refractivity contribution < 1.29 is 22.9 Å². The minimum Gasteiger partial charge on any atom is -0.489 e. The first kappa shape index (κ1) is 39.6. The first-order valence-corrected chi connectivity index (χ1v) is 22.1. The number of likely N-dealkylation sites (tertiary alicyclic amines) is 1. The fourth-order valence-electron chi connectivity index (χ4n) is 10.3. The van der Waals surface area contributed by atoms with Crippen LogP contribution in [0.1, 0.15) is 92.7 Å². The number of piperidine rings is 1. The number of hydrogen-bond acceptors (Lipinski definition) is 11. The second kappa shape index (κ2) is 15.5. The minimum absolute atomic E-state index is 0.0641. The van der Waals surface area contributed by atoms with E-state index >= 15 is 0 Å². The van der Waals surface area contributed by atoms with Crippen molar-refractivity contribution in [3.05, 3.63) is 87.5 Å². The van der Waals surface area contributed by atoms with Crippen molar-refractivity contribution in [3.8, 4) is 5.75 Å². The van der Waals surface area contributed by atoms with Gasteiger partial charge in [-0.05, 0) is 93.6 Å². The molecule has 1 spiro atoms. The number of nitrogens with zero attached hydrogens (tertiary/aromatic N) is 5. The Balaban J connectivity index is 0.954. The Morgan fingerprint density at radius 1 is 0.982 bits per heavy atom. The second-order valence-corrected chi connectivity index (χ2v) is 19.3. The molecule has 3 aromatic rings. The maximum absolute atomic E-state index is 13.9. The van der Waals surface area contributed by atoms with Crippen LogP contribution >= 0.6 is 0 Å². The Bertz CT molecular complexity index is 2110. The Hall–Kier alpha value is -4.24. The number of likely N-dealkylation sites (N-methyl/N-ethyl adjacent to an activating group) is 1. The van der Waals surface area contributed by atoms with Crippen molar-refractivity contribution >= 4 is 33.0 Å². The Morgan fingerprint density at radius 2 is 1.70 bits per heavy atom. The summed E-state index contributed by atoms with van der Waals surface area (Å²) in [5, 5.41) is 15.6. The van der Waals surface area contributed by atoms with E-state index in [0.717, 1.165) is 64.7 Å². The molecule has 57 heavy (non-hydrogen) atoms. The summed E-state index contributed by atoms with van der Waals surface area (Å²) in [7, 11) is -2.44. The fourth-order valence-corrected chi connectivity index (χ4v) is 11.3. The van der Waals surface area contributed by atoms with Gasteiger partial charge >= 0.3 is 0 Å². The Morgan fingerprint density at radius 3 is 2.40 bits per heavy atom. The molecule has 2 N–H and O–H groups in total. The van der Waals surface area contributed by atoms with Crippen LogP contribution in [-0.2, 0) is 10.0 Å². The molecule has 3 atom stereocenters. The van der Waals surface area contributed by atoms with Crippen LogP contribution in [0.2, 0.25) is 0 Å². The number of amides is 1. The van der Waals surface area contributed by atoms with Gasteiger partial charge in [0, 0.05) is 75.7 Å². The highest BCUT2D eigenvalue weighted by Gasteiger charge is 2.53. The predicted molar refractivity (Wildman–Crippen MR) is 222 cm³/mol. The summed E-state index contributed by atoms with van der Waals surface area (Å²) < 4.78 is 35.9. The quantitative estimate of drug-likeness (QED) is 0.178. The summed E-state index contributed by atoms with van der Waals surface area (Å²) in [6.07, 6.45) is 6.80. The Labute approximate surface area is 336 Å². The number of hydrogen-bond donors (Lipinski definition) is 2. The molecule has 1 amide bonds. The van der Waals surface area contributed by atoms with E-state index in [1.54, 1.807) is 12.1 Å². The maximum atomic E-state index is 13.9. The van der Waals surface area contributed by atoms with Gasteiger partial charge in [-0.25, -0.2) is 13.1 Å². The summed E-state index contributed by atoms with van der Waals surface area (Å²) in [4.78, 5) is 34.7. The Kier molecular flexibility index (Phi) is 10.8. The van der Waals surface area contributed by atoms with Gasteiger partial charge < -0.3 is 19.9 Å². The first-order chi connectivity index (χ1) is 27.3. The molecule has 3 aromatic carbocycles. The van der Waals surface area contributed by atoms with Crippen LogP contribution in [0.5, 0.6) is 5.75 Å². The number of carbonyl (C=O) groups excluding carboxylic acids is 1. The molecule has 4 aliphatic heterocycles. The van der Waals surface area contributed by atoms with E-state index < -0.39 is 37.0 Å². The average Bonchev–Trinajstić information content (AvgIpc) is 3.66. The first-order valence-electron chi connectivity index (χ1n) is 20.7. The molecular formula is C43H57N7O6S. The van der Waals surface area contributed by atoms with Gasteiger partial charge in [0.05, 0.1) is 20.9 Å². The maximum Gasteiger partial charge on any atom is 0.297 e. The van der Waals surface area contributed by atoms with Crippen LogP contribution in [0, 0.1) is 15.5 Å². The number of nitro groups is 1. The molecule has 3 saturated heterocycles. The number of nitro benzene ring substituents is 1. The van der Waals surface area contributed by atoms with Crippen LogP contribution < -0.4 is 19.7 Å². The number of fused-ring (bicyclic) bond motifs is 1. The third-order valence-corrected chi connectivity index (χ3v) is 14.8. The van der Waals surface area contributed by atoms with Crippen molar-refractivity contribution in [1.82, 2.24) is 19.4 Å². The van der Waals surface area contributed by atoms with Gasteiger partial charge in [0.1, 0.15) is 6.61 Å². The summed E-state index contributed by atoms with van der Waals surface area (Å²) in [6.45, 7) is 13.6. The molecule has 8 rings (SSSR count). The average molecular weight is 800 g/mol. The molecule has 1 unspecified atom stereocenters. The molecular weight excluding hydrogens is 743 g/mol. The van der Waals surface area contributed by atoms with E-state index in [1.807, 2.05) is 19.1 Å². The van der Waals surface area contributed by atoms with Crippen LogP contribution in [0.4, 0.5) is 17.1 Å². The highest BCUT2D eigenvalue weighted by molar-refractivity contribution is 7.90. The number of sulfonamides is 1. The molecule has 0 bridgehead atoms. The lowest BCUT2D eigenvalue weighted by molar-refractivity contribution is -0.384. The molecule has 14 heteroatoms. The van der Waals surface area contributed by atoms with Gasteiger partial charge in [0.25, 0.3) is 21.6 Å². The highest BCUT2D eigenvalue weighted by atomic mass is 32.2. The van der Waals surface area contributed by atoms with E-state index in [0.29, 0.717) is 30.2 Å². The monoisotopic (exact) mass is 799 g/mol. The number of benzene rings is 3. The number of anilines is 2. The van der Waals surface area contributed by atoms with Crippen LogP contribution in [0.15, 0.2) is 65.6 Å². The number of carbonyl (C=O) groups is 1. The molecule has 0 aromatic heterocycles. The normalized spacial score (nSPS) is 25.4. The van der Waals surface area contributed by atoms with Gasteiger partial charge in [-0.2, -0.15) is 0 Å². The summed E-state index contributed by atoms with van der Waals surface area (Å²) in [5.41, 5.74) is 3.17. The lowest BCUT2D eigenvalue weighted by Gasteiger charge is -2.58. The van der Waals surface area contributed by atoms with Gasteiger partial charge in [0.2, 0.25) is 0 Å². The summed E-state index contributed by atoms with van der Waals surface area (Å²) in [5.74, 6) is -0.240. The molecule has 306 valence electrons. The zero-order chi connectivity index (χ0) is 40.1. The van der Waals surface area contributed by atoms with E-state index in [2.05, 4.69) is 74.8 Å². The topological polar surface area (TPSA) is 141 Å². The highest BCUT2D eigenvalue weighted by Crippen LogP contribution is 2.55. The van der Waals surface area contributed by atoms with Gasteiger partial charge in [-0.1, -0.05) is 50.2 Å². The zero-order valence-corrected chi connectivity index (χ0v) is 34.5. The number of ether oxygens (including phenoxy) is 1. The lowest BCUT2D eigenvalue weighted by Crippen LogP contribution is -2.59. The van der Waals surface area contributed by atoms with E-state index in [4.69, 9.17) is 4.74 Å². The van der Waals surface area contributed by atoms with Crippen molar-refractivity contribution in [1.29, 1.82) is 0 Å². The molecule has 1 aliphatic carbocycles. The van der Waals surface area contributed by atoms with Crippen molar-refractivity contribution in [2.24, 2.45) is 5.41 Å². The number of rotatable bonds is 10. The zero-order valence-electron chi connectivity index (χ0n) is 33.7. The van der Waals surface area contributed by atoms with E-state index in [-0.39, 0.29) is 29.0 Å². The van der Waals surface area contributed by atoms with Crippen molar-refractivity contribution in [2.75, 3.05) is 76.2 Å². The number of piperazine rings is 1. The van der Waals surface area contributed by atoms with Crippen LogP contribution in [-0.4, -0.2) is 112 Å². The summed E-state index contributed by atoms with van der Waals surface area (Å²) >= 11 is 0. The summed E-state index contributed by atoms with van der Waals surface area (Å²) in [6, 6.07) is 19.3. The second-order valence-electron chi connectivity index (χ2n) is 17.7. The molecule has 4 heterocycles. The van der Waals surface area contributed by atoms with Crippen molar-refractivity contribution in [3.63, 3.8) is 0 Å². The third kappa shape index (κ3) is 7.73. The lowest BCUT2D eigenvalue weighted by atomic mass is 9.58. The van der Waals surface area contributed by atoms with E-state index in [9.17, 15) is 23.3 Å². The largest absolute Gasteiger partial charge is 0.489 e. The number of para-hydroxylation sites is 1. The smallest absolute Gasteiger partial charge is 0.297 e. The molecule has 1 saturated carbocycles. The fraction of sp³-hybridized carbons (Fsp3) is 0.558. The van der Waals surface area contributed by atoms with Crippen LogP contribution in [0.25, 0.3) is 0 Å². The predicted octanol–water partition coefficient (Wildman–Crippen LogP) is 6.23. The molecule has 13 nitrogen and oxygen atoms in total. The molecule has 5 aliphatic rings. The number of nitrogens with one attached hydrogen (secondary N) is 2. The van der Waals surface area contributed by atoms with Gasteiger partial charge in [-0.3, -0.25) is 24.7 Å². The van der Waals surface area contributed by atoms with Crippen LogP contribution in [0.3, 0.4) is 0 Å². The van der Waals surface area contributed by atoms with Gasteiger partial charge in [-0.15, -0.1) is 0 Å². The van der Waals surface area contributed by atoms with Crippen molar-refractivity contribution in [2.45, 2.75) is 87.7 Å².